The molecule has 0 aliphatic rings. The lowest BCUT2D eigenvalue weighted by molar-refractivity contribution is -0.147. The molecule has 0 heterocycles. The Kier molecular flexibility index (Phi) is 5.56. The van der Waals surface area contributed by atoms with Gasteiger partial charge in [-0.05, 0) is 30.0 Å². The predicted molar refractivity (Wildman–Crippen MR) is 83.0 cm³/mol. The number of carbonyl (C=O) groups is 1. The van der Waals surface area contributed by atoms with Gasteiger partial charge >= 0.3 is 12.3 Å². The second kappa shape index (κ2) is 6.68. The SMILES string of the molecule is CC(CC(F)(F)F)N(C(=O)O)C(c1cccc(N)c1)C(C)(C)C. The zero-order chi connectivity index (χ0) is 18.0. The van der Waals surface area contributed by atoms with Crippen molar-refractivity contribution in [1.29, 1.82) is 0 Å². The van der Waals surface area contributed by atoms with E-state index >= 15 is 0 Å². The molecule has 23 heavy (non-hydrogen) atoms. The molecule has 0 aliphatic carbocycles. The highest BCUT2D eigenvalue weighted by Gasteiger charge is 2.41. The van der Waals surface area contributed by atoms with Gasteiger partial charge in [0.1, 0.15) is 0 Å². The van der Waals surface area contributed by atoms with Gasteiger partial charge in [0.05, 0.1) is 12.5 Å². The number of halogens is 3. The molecule has 0 aliphatic heterocycles. The van der Waals surface area contributed by atoms with E-state index in [9.17, 15) is 23.1 Å². The van der Waals surface area contributed by atoms with Crippen LogP contribution in [0.4, 0.5) is 23.7 Å². The number of hydrogen-bond donors (Lipinski definition) is 2. The lowest BCUT2D eigenvalue weighted by Gasteiger charge is -2.42. The molecule has 4 nitrogen and oxygen atoms in total. The van der Waals surface area contributed by atoms with Crippen LogP contribution in [0.1, 0.15) is 45.7 Å². The van der Waals surface area contributed by atoms with Crippen LogP contribution in [0.3, 0.4) is 0 Å². The van der Waals surface area contributed by atoms with Gasteiger partial charge in [0, 0.05) is 11.7 Å². The zero-order valence-corrected chi connectivity index (χ0v) is 13.7. The third kappa shape index (κ3) is 5.33. The second-order valence-electron chi connectivity index (χ2n) is 6.80. The van der Waals surface area contributed by atoms with Gasteiger partial charge in [-0.15, -0.1) is 0 Å². The maximum absolute atomic E-state index is 12.7. The minimum Gasteiger partial charge on any atom is -0.465 e. The summed E-state index contributed by atoms with van der Waals surface area (Å²) in [6.07, 6.45) is -7.02. The van der Waals surface area contributed by atoms with Crippen LogP contribution >= 0.6 is 0 Å². The molecule has 0 radical (unpaired) electrons. The number of anilines is 1. The van der Waals surface area contributed by atoms with Crippen molar-refractivity contribution in [2.45, 2.75) is 52.4 Å². The van der Waals surface area contributed by atoms with E-state index in [-0.39, 0.29) is 0 Å². The number of nitrogens with zero attached hydrogens (tertiary/aromatic N) is 1. The number of benzene rings is 1. The van der Waals surface area contributed by atoms with Crippen molar-refractivity contribution in [2.75, 3.05) is 5.73 Å². The van der Waals surface area contributed by atoms with Crippen molar-refractivity contribution >= 4 is 11.8 Å². The molecular weight excluding hydrogens is 309 g/mol. The summed E-state index contributed by atoms with van der Waals surface area (Å²) in [6.45, 7) is 6.64. The standard InChI is InChI=1S/C16H23F3N2O2/c1-10(9-16(17,18)19)21(14(22)23)13(15(2,3)4)11-6-5-7-12(20)8-11/h5-8,10,13H,9,20H2,1-4H3,(H,22,23). The van der Waals surface area contributed by atoms with Gasteiger partial charge in [-0.25, -0.2) is 4.79 Å². The van der Waals surface area contributed by atoms with E-state index in [0.29, 0.717) is 11.3 Å². The molecule has 1 amide bonds. The van der Waals surface area contributed by atoms with Crippen LogP contribution in [-0.4, -0.2) is 28.3 Å². The van der Waals surface area contributed by atoms with E-state index < -0.39 is 36.2 Å². The fourth-order valence-electron chi connectivity index (χ4n) is 2.79. The average molecular weight is 332 g/mol. The fourth-order valence-corrected chi connectivity index (χ4v) is 2.79. The average Bonchev–Trinajstić information content (AvgIpc) is 2.31. The van der Waals surface area contributed by atoms with E-state index in [2.05, 4.69) is 0 Å². The van der Waals surface area contributed by atoms with Crippen molar-refractivity contribution in [1.82, 2.24) is 4.90 Å². The molecule has 0 saturated heterocycles. The van der Waals surface area contributed by atoms with Gasteiger partial charge in [-0.1, -0.05) is 32.9 Å². The smallest absolute Gasteiger partial charge is 0.408 e. The number of carboxylic acid groups (broad SMARTS) is 1. The van der Waals surface area contributed by atoms with Crippen LogP contribution in [-0.2, 0) is 0 Å². The Morgan fingerprint density at radius 1 is 1.30 bits per heavy atom. The van der Waals surface area contributed by atoms with E-state index in [4.69, 9.17) is 5.73 Å². The molecule has 1 rings (SSSR count). The molecule has 2 unspecified atom stereocenters. The normalized spacial score (nSPS) is 15.1. The van der Waals surface area contributed by atoms with Crippen LogP contribution in [0.2, 0.25) is 0 Å². The molecule has 0 fully saturated rings. The number of nitrogens with two attached hydrogens (primary N) is 1. The summed E-state index contributed by atoms with van der Waals surface area (Å²) in [5.74, 6) is 0. The van der Waals surface area contributed by atoms with Gasteiger partial charge in [0.15, 0.2) is 0 Å². The summed E-state index contributed by atoms with van der Waals surface area (Å²) in [4.78, 5) is 12.6. The topological polar surface area (TPSA) is 66.6 Å². The number of amides is 1. The molecule has 1 aromatic carbocycles. The van der Waals surface area contributed by atoms with E-state index in [1.807, 2.05) is 0 Å². The molecule has 7 heteroatoms. The molecule has 3 N–H and O–H groups in total. The first kappa shape index (κ1) is 19.1. The molecular formula is C16H23F3N2O2. The number of alkyl halides is 3. The Morgan fingerprint density at radius 2 is 1.87 bits per heavy atom. The van der Waals surface area contributed by atoms with Gasteiger partial charge in [-0.2, -0.15) is 13.2 Å². The van der Waals surface area contributed by atoms with Crippen LogP contribution in [0.5, 0.6) is 0 Å². The summed E-state index contributed by atoms with van der Waals surface area (Å²) in [7, 11) is 0. The van der Waals surface area contributed by atoms with Gasteiger partial charge < -0.3 is 10.8 Å². The second-order valence-corrected chi connectivity index (χ2v) is 6.80. The fraction of sp³-hybridized carbons (Fsp3) is 0.562. The number of rotatable bonds is 4. The summed E-state index contributed by atoms with van der Waals surface area (Å²) in [6, 6.07) is 4.64. The molecule has 1 aromatic rings. The first-order valence-corrected chi connectivity index (χ1v) is 7.26. The Labute approximate surface area is 134 Å². The third-order valence-corrected chi connectivity index (χ3v) is 3.55. The maximum Gasteiger partial charge on any atom is 0.408 e. The summed E-state index contributed by atoms with van der Waals surface area (Å²) in [5, 5.41) is 9.53. The third-order valence-electron chi connectivity index (χ3n) is 3.55. The van der Waals surface area contributed by atoms with Crippen molar-refractivity contribution in [3.05, 3.63) is 29.8 Å². The first-order valence-electron chi connectivity index (χ1n) is 7.26. The molecule has 0 saturated carbocycles. The minimum atomic E-state index is -4.44. The lowest BCUT2D eigenvalue weighted by atomic mass is 9.80. The zero-order valence-electron chi connectivity index (χ0n) is 13.7. The Bertz CT molecular complexity index is 553. The van der Waals surface area contributed by atoms with E-state index in [1.165, 1.54) is 6.92 Å². The minimum absolute atomic E-state index is 0.436. The highest BCUT2D eigenvalue weighted by molar-refractivity contribution is 5.66. The summed E-state index contributed by atoms with van der Waals surface area (Å²) in [5.41, 5.74) is 6.16. The van der Waals surface area contributed by atoms with Crippen LogP contribution in [0.15, 0.2) is 24.3 Å². The van der Waals surface area contributed by atoms with Crippen molar-refractivity contribution in [3.63, 3.8) is 0 Å². The molecule has 0 aromatic heterocycles. The van der Waals surface area contributed by atoms with Crippen molar-refractivity contribution in [3.8, 4) is 0 Å². The summed E-state index contributed by atoms with van der Waals surface area (Å²) >= 11 is 0. The maximum atomic E-state index is 12.7. The van der Waals surface area contributed by atoms with Gasteiger partial charge in [-0.3, -0.25) is 4.90 Å². The van der Waals surface area contributed by atoms with Gasteiger partial charge in [0.25, 0.3) is 0 Å². The van der Waals surface area contributed by atoms with E-state index in [0.717, 1.165) is 4.90 Å². The van der Waals surface area contributed by atoms with Crippen molar-refractivity contribution in [2.24, 2.45) is 5.41 Å². The van der Waals surface area contributed by atoms with Crippen molar-refractivity contribution < 1.29 is 23.1 Å². The van der Waals surface area contributed by atoms with Crippen LogP contribution < -0.4 is 5.73 Å². The number of hydrogen-bond acceptors (Lipinski definition) is 2. The number of nitrogen functional groups attached to an aromatic ring is 1. The Morgan fingerprint density at radius 3 is 2.26 bits per heavy atom. The predicted octanol–water partition coefficient (Wildman–Crippen LogP) is 4.68. The molecule has 0 bridgehead atoms. The highest BCUT2D eigenvalue weighted by Crippen LogP contribution is 2.41. The largest absolute Gasteiger partial charge is 0.465 e. The Balaban J connectivity index is 3.33. The molecule has 2 atom stereocenters. The molecule has 0 spiro atoms. The quantitative estimate of drug-likeness (QED) is 0.787. The Hall–Kier alpha value is -1.92. The van der Waals surface area contributed by atoms with Gasteiger partial charge in [0.2, 0.25) is 0 Å². The highest BCUT2D eigenvalue weighted by atomic mass is 19.4. The monoisotopic (exact) mass is 332 g/mol. The first-order chi connectivity index (χ1) is 10.3. The molecule has 130 valence electrons. The lowest BCUT2D eigenvalue weighted by Crippen LogP contribution is -2.47. The van der Waals surface area contributed by atoms with E-state index in [1.54, 1.807) is 45.0 Å². The van der Waals surface area contributed by atoms with Crippen LogP contribution in [0, 0.1) is 5.41 Å². The summed E-state index contributed by atoms with van der Waals surface area (Å²) < 4.78 is 38.2. The van der Waals surface area contributed by atoms with Crippen LogP contribution in [0.25, 0.3) is 0 Å².